The Kier molecular flexibility index (Phi) is 14.1. The van der Waals surface area contributed by atoms with E-state index in [4.69, 9.17) is 5.73 Å². The first kappa shape index (κ1) is 20.9. The molecule has 0 fully saturated rings. The summed E-state index contributed by atoms with van der Waals surface area (Å²) in [5, 5.41) is 0. The molecule has 0 amide bonds. The third-order valence-corrected chi connectivity index (χ3v) is 4.14. The van der Waals surface area contributed by atoms with Crippen molar-refractivity contribution in [3.8, 4) is 0 Å². The summed E-state index contributed by atoms with van der Waals surface area (Å²) >= 11 is 0. The van der Waals surface area contributed by atoms with Crippen LogP contribution in [-0.2, 0) is 0 Å². The first-order valence-corrected chi connectivity index (χ1v) is 8.96. The first-order valence-electron chi connectivity index (χ1n) is 8.96. The lowest BCUT2D eigenvalue weighted by atomic mass is 10.0. The number of nitrogens with two attached hydrogens (primary N) is 1. The van der Waals surface area contributed by atoms with Gasteiger partial charge in [-0.2, -0.15) is 0 Å². The molecule has 0 saturated heterocycles. The predicted molar refractivity (Wildman–Crippen MR) is 100.0 cm³/mol. The Balaban J connectivity index is 3.24. The van der Waals surface area contributed by atoms with Crippen LogP contribution in [0.25, 0.3) is 0 Å². The molecule has 22 heavy (non-hydrogen) atoms. The van der Waals surface area contributed by atoms with Crippen molar-refractivity contribution in [3.05, 3.63) is 0 Å². The molecule has 0 saturated carbocycles. The summed E-state index contributed by atoms with van der Waals surface area (Å²) in [6, 6.07) is 0. The zero-order valence-corrected chi connectivity index (χ0v) is 15.4. The van der Waals surface area contributed by atoms with Gasteiger partial charge in [-0.25, -0.2) is 0 Å². The van der Waals surface area contributed by atoms with Crippen LogP contribution in [0.3, 0.4) is 0 Å². The van der Waals surface area contributed by atoms with Crippen molar-refractivity contribution in [2.24, 2.45) is 15.7 Å². The Morgan fingerprint density at radius 2 is 1.09 bits per heavy atom. The maximum Gasteiger partial charge on any atom is 0.0980 e. The van der Waals surface area contributed by atoms with Crippen LogP contribution < -0.4 is 5.73 Å². The highest BCUT2D eigenvalue weighted by Gasteiger charge is 2.00. The molecule has 0 aromatic rings. The Morgan fingerprint density at radius 1 is 0.682 bits per heavy atom. The molecular weight excluding hydrogens is 272 g/mol. The fourth-order valence-electron chi connectivity index (χ4n) is 2.65. The second kappa shape index (κ2) is 14.9. The van der Waals surface area contributed by atoms with Gasteiger partial charge >= 0.3 is 0 Å². The van der Waals surface area contributed by atoms with Crippen LogP contribution in [0.4, 0.5) is 0 Å². The number of hydrogen-bond acceptors (Lipinski definition) is 2. The standard InChI is InChI=1S/C18H38N4/c1-20-17(19)15-13-11-9-7-5-6-8-10-12-14-16-18(21-2)22(3)4/h5-16H2,1-4H3,(H2,19,20). The van der Waals surface area contributed by atoms with E-state index in [-0.39, 0.29) is 0 Å². The molecule has 0 radical (unpaired) electrons. The Morgan fingerprint density at radius 3 is 1.45 bits per heavy atom. The summed E-state index contributed by atoms with van der Waals surface area (Å²) in [6.45, 7) is 0. The SMILES string of the molecule is CN=C(N)CCCCCCCCCCCCC(=NC)N(C)C. The van der Waals surface area contributed by atoms with Gasteiger partial charge in [0.15, 0.2) is 0 Å². The lowest BCUT2D eigenvalue weighted by Crippen LogP contribution is -2.21. The lowest BCUT2D eigenvalue weighted by Gasteiger charge is -2.14. The summed E-state index contributed by atoms with van der Waals surface area (Å²) in [5.74, 6) is 2.01. The van der Waals surface area contributed by atoms with Crippen LogP contribution in [0, 0.1) is 0 Å². The summed E-state index contributed by atoms with van der Waals surface area (Å²) in [4.78, 5) is 10.4. The van der Waals surface area contributed by atoms with E-state index in [1.807, 2.05) is 7.05 Å². The number of rotatable bonds is 13. The topological polar surface area (TPSA) is 54.0 Å². The van der Waals surface area contributed by atoms with Gasteiger partial charge in [0.1, 0.15) is 0 Å². The molecule has 0 aliphatic heterocycles. The van der Waals surface area contributed by atoms with Crippen molar-refractivity contribution < 1.29 is 0 Å². The average Bonchev–Trinajstić information content (AvgIpc) is 2.51. The molecule has 4 heteroatoms. The Bertz CT molecular complexity index is 308. The van der Waals surface area contributed by atoms with Crippen LogP contribution in [0.1, 0.15) is 77.0 Å². The first-order chi connectivity index (χ1) is 10.6. The van der Waals surface area contributed by atoms with Crippen LogP contribution in [-0.4, -0.2) is 44.8 Å². The van der Waals surface area contributed by atoms with Crippen molar-refractivity contribution in [2.75, 3.05) is 28.2 Å². The van der Waals surface area contributed by atoms with E-state index in [0.29, 0.717) is 0 Å². The molecule has 0 aromatic carbocycles. The van der Waals surface area contributed by atoms with Gasteiger partial charge in [-0.3, -0.25) is 9.98 Å². The van der Waals surface area contributed by atoms with E-state index < -0.39 is 0 Å². The van der Waals surface area contributed by atoms with Gasteiger partial charge in [0.2, 0.25) is 0 Å². The Hall–Kier alpha value is -1.06. The van der Waals surface area contributed by atoms with Crippen molar-refractivity contribution in [2.45, 2.75) is 77.0 Å². The number of amidine groups is 2. The summed E-state index contributed by atoms with van der Waals surface area (Å²) in [6.07, 6.45) is 15.4. The maximum atomic E-state index is 5.68. The molecule has 0 heterocycles. The number of aliphatic imine (C=N–C) groups is 2. The van der Waals surface area contributed by atoms with E-state index in [2.05, 4.69) is 29.0 Å². The minimum atomic E-state index is 0.797. The molecular formula is C18H38N4. The van der Waals surface area contributed by atoms with E-state index >= 15 is 0 Å². The molecule has 0 aliphatic rings. The largest absolute Gasteiger partial charge is 0.387 e. The maximum absolute atomic E-state index is 5.68. The smallest absolute Gasteiger partial charge is 0.0980 e. The number of nitrogens with zero attached hydrogens (tertiary/aromatic N) is 3. The van der Waals surface area contributed by atoms with Crippen LogP contribution in [0.15, 0.2) is 9.98 Å². The van der Waals surface area contributed by atoms with E-state index in [1.165, 1.54) is 70.0 Å². The third kappa shape index (κ3) is 12.7. The summed E-state index contributed by atoms with van der Waals surface area (Å²) in [7, 11) is 7.81. The molecule has 0 bridgehead atoms. The molecule has 0 spiro atoms. The monoisotopic (exact) mass is 310 g/mol. The van der Waals surface area contributed by atoms with Crippen LogP contribution in [0.5, 0.6) is 0 Å². The van der Waals surface area contributed by atoms with Gasteiger partial charge in [0.05, 0.1) is 11.7 Å². The fourth-order valence-corrected chi connectivity index (χ4v) is 2.65. The van der Waals surface area contributed by atoms with E-state index in [0.717, 1.165) is 18.7 Å². The average molecular weight is 311 g/mol. The zero-order valence-electron chi connectivity index (χ0n) is 15.4. The van der Waals surface area contributed by atoms with Gasteiger partial charge in [-0.1, -0.05) is 51.4 Å². The number of hydrogen-bond donors (Lipinski definition) is 1. The molecule has 0 atom stereocenters. The van der Waals surface area contributed by atoms with E-state index in [9.17, 15) is 0 Å². The van der Waals surface area contributed by atoms with Gasteiger partial charge in [0.25, 0.3) is 0 Å². The minimum Gasteiger partial charge on any atom is -0.387 e. The van der Waals surface area contributed by atoms with Gasteiger partial charge < -0.3 is 10.6 Å². The molecule has 4 nitrogen and oxygen atoms in total. The minimum absolute atomic E-state index is 0.797. The van der Waals surface area contributed by atoms with Crippen molar-refractivity contribution in [1.82, 2.24) is 4.90 Å². The normalized spacial score (nSPS) is 12.7. The highest BCUT2D eigenvalue weighted by Crippen LogP contribution is 2.12. The molecule has 0 aliphatic carbocycles. The number of unbranched alkanes of at least 4 members (excludes halogenated alkanes) is 9. The summed E-state index contributed by atoms with van der Waals surface area (Å²) < 4.78 is 0. The third-order valence-electron chi connectivity index (χ3n) is 4.14. The molecule has 0 rings (SSSR count). The molecule has 0 aromatic heterocycles. The zero-order chi connectivity index (χ0) is 16.6. The molecule has 2 N–H and O–H groups in total. The van der Waals surface area contributed by atoms with Crippen molar-refractivity contribution in [1.29, 1.82) is 0 Å². The van der Waals surface area contributed by atoms with Crippen molar-refractivity contribution >= 4 is 11.7 Å². The molecule has 0 unspecified atom stereocenters. The highest BCUT2D eigenvalue weighted by molar-refractivity contribution is 5.81. The van der Waals surface area contributed by atoms with E-state index in [1.54, 1.807) is 7.05 Å². The van der Waals surface area contributed by atoms with Gasteiger partial charge in [-0.15, -0.1) is 0 Å². The van der Waals surface area contributed by atoms with Crippen LogP contribution in [0.2, 0.25) is 0 Å². The highest BCUT2D eigenvalue weighted by atomic mass is 15.1. The van der Waals surface area contributed by atoms with Crippen molar-refractivity contribution in [3.63, 3.8) is 0 Å². The second-order valence-corrected chi connectivity index (χ2v) is 6.28. The quantitative estimate of drug-likeness (QED) is 0.314. The molecule has 130 valence electrons. The summed E-state index contributed by atoms with van der Waals surface area (Å²) in [5.41, 5.74) is 5.68. The second-order valence-electron chi connectivity index (χ2n) is 6.28. The van der Waals surface area contributed by atoms with Crippen LogP contribution >= 0.6 is 0 Å². The lowest BCUT2D eigenvalue weighted by molar-refractivity contribution is 0.547. The Labute approximate surface area is 138 Å². The fraction of sp³-hybridized carbons (Fsp3) is 0.889. The predicted octanol–water partition coefficient (Wildman–Crippen LogP) is 4.24. The van der Waals surface area contributed by atoms with Gasteiger partial charge in [-0.05, 0) is 12.8 Å². The van der Waals surface area contributed by atoms with Gasteiger partial charge in [0, 0.05) is 41.0 Å².